The molecule has 8 heteroatoms. The second kappa shape index (κ2) is 10.9. The van der Waals surface area contributed by atoms with Crippen LogP contribution >= 0.6 is 0 Å². The van der Waals surface area contributed by atoms with Gasteiger partial charge in [0.05, 0.1) is 6.61 Å². The molecule has 0 saturated heterocycles. The average Bonchev–Trinajstić information content (AvgIpc) is 2.52. The Balaban J connectivity index is 2.24. The fourth-order valence-electron chi connectivity index (χ4n) is 1.81. The number of amides is 2. The molecule has 0 aromatic heterocycles. The van der Waals surface area contributed by atoms with E-state index in [2.05, 4.69) is 15.4 Å². The highest BCUT2D eigenvalue weighted by atomic mass is 16.7. The van der Waals surface area contributed by atoms with Gasteiger partial charge in [0.2, 0.25) is 0 Å². The normalized spacial score (nSPS) is 9.88. The zero-order chi connectivity index (χ0) is 17.8. The summed E-state index contributed by atoms with van der Waals surface area (Å²) in [4.78, 5) is 33.2. The van der Waals surface area contributed by atoms with Gasteiger partial charge in [0, 0.05) is 18.7 Å². The molecule has 1 aromatic rings. The number of aliphatic carboxylic acids is 1. The van der Waals surface area contributed by atoms with Crippen molar-refractivity contribution in [3.05, 3.63) is 24.3 Å². The fourth-order valence-corrected chi connectivity index (χ4v) is 1.81. The van der Waals surface area contributed by atoms with E-state index in [1.165, 1.54) is 0 Å². The number of hydrogen-bond donors (Lipinski definition) is 3. The van der Waals surface area contributed by atoms with Crippen LogP contribution in [0.4, 0.5) is 15.3 Å². The molecule has 0 radical (unpaired) electrons. The standard InChI is InChI=1S/C16H22N2O6/c1-2-23-16(22)24-13-9-7-12(8-10-13)18-15(21)17-11-5-3-4-6-14(19)20/h7-10H,2-6,11H2,1H3,(H,19,20)(H2,17,18,21). The Morgan fingerprint density at radius 1 is 1.08 bits per heavy atom. The van der Waals surface area contributed by atoms with Crippen molar-refractivity contribution in [3.63, 3.8) is 0 Å². The van der Waals surface area contributed by atoms with Crippen LogP contribution in [0.5, 0.6) is 5.75 Å². The monoisotopic (exact) mass is 338 g/mol. The van der Waals surface area contributed by atoms with Gasteiger partial charge in [-0.05, 0) is 44.0 Å². The fraction of sp³-hybridized carbons (Fsp3) is 0.438. The van der Waals surface area contributed by atoms with E-state index in [4.69, 9.17) is 9.84 Å². The van der Waals surface area contributed by atoms with Crippen LogP contribution in [0.2, 0.25) is 0 Å². The van der Waals surface area contributed by atoms with E-state index in [0.717, 1.165) is 6.42 Å². The molecule has 0 heterocycles. The highest BCUT2D eigenvalue weighted by Gasteiger charge is 2.06. The lowest BCUT2D eigenvalue weighted by molar-refractivity contribution is -0.137. The summed E-state index contributed by atoms with van der Waals surface area (Å²) in [6, 6.07) is 5.92. The van der Waals surface area contributed by atoms with Crippen molar-refractivity contribution in [2.75, 3.05) is 18.5 Å². The van der Waals surface area contributed by atoms with Gasteiger partial charge in [-0.15, -0.1) is 0 Å². The SMILES string of the molecule is CCOC(=O)Oc1ccc(NC(=O)NCCCCCC(=O)O)cc1. The number of carboxylic acid groups (broad SMARTS) is 1. The Kier molecular flexibility index (Phi) is 8.73. The Hall–Kier alpha value is -2.77. The molecule has 3 N–H and O–H groups in total. The van der Waals surface area contributed by atoms with Gasteiger partial charge < -0.3 is 25.2 Å². The second-order valence-corrected chi connectivity index (χ2v) is 4.89. The lowest BCUT2D eigenvalue weighted by Gasteiger charge is -2.08. The predicted molar refractivity (Wildman–Crippen MR) is 87.2 cm³/mol. The summed E-state index contributed by atoms with van der Waals surface area (Å²) in [7, 11) is 0. The first-order chi connectivity index (χ1) is 11.5. The van der Waals surface area contributed by atoms with Gasteiger partial charge in [-0.2, -0.15) is 0 Å². The lowest BCUT2D eigenvalue weighted by Crippen LogP contribution is -2.29. The van der Waals surface area contributed by atoms with Crippen LogP contribution in [0.1, 0.15) is 32.6 Å². The third kappa shape index (κ3) is 8.62. The number of carboxylic acids is 1. The van der Waals surface area contributed by atoms with Gasteiger partial charge in [0.15, 0.2) is 0 Å². The molecule has 2 amide bonds. The minimum atomic E-state index is -0.809. The molecule has 0 fully saturated rings. The van der Waals surface area contributed by atoms with Crippen molar-refractivity contribution in [2.45, 2.75) is 32.6 Å². The molecule has 8 nitrogen and oxygen atoms in total. The number of unbranched alkanes of at least 4 members (excludes halogenated alkanes) is 2. The molecule has 0 aliphatic rings. The molecule has 0 atom stereocenters. The topological polar surface area (TPSA) is 114 Å². The number of anilines is 1. The Morgan fingerprint density at radius 3 is 2.42 bits per heavy atom. The van der Waals surface area contributed by atoms with E-state index in [1.54, 1.807) is 31.2 Å². The molecule has 1 aromatic carbocycles. The average molecular weight is 338 g/mol. The maximum Gasteiger partial charge on any atom is 0.513 e. The second-order valence-electron chi connectivity index (χ2n) is 4.89. The van der Waals surface area contributed by atoms with Crippen LogP contribution in [0.25, 0.3) is 0 Å². The van der Waals surface area contributed by atoms with Crippen LogP contribution in [0.15, 0.2) is 24.3 Å². The maximum atomic E-state index is 11.7. The van der Waals surface area contributed by atoms with E-state index >= 15 is 0 Å². The summed E-state index contributed by atoms with van der Waals surface area (Å²) in [5, 5.41) is 13.8. The van der Waals surface area contributed by atoms with Crippen LogP contribution in [0.3, 0.4) is 0 Å². The molecule has 0 bridgehead atoms. The number of urea groups is 1. The molecule has 1 rings (SSSR count). The predicted octanol–water partition coefficient (Wildman–Crippen LogP) is 2.99. The first-order valence-electron chi connectivity index (χ1n) is 7.72. The van der Waals surface area contributed by atoms with Crippen LogP contribution < -0.4 is 15.4 Å². The number of nitrogens with one attached hydrogen (secondary N) is 2. The summed E-state index contributed by atoms with van der Waals surface area (Å²) in [6.45, 7) is 2.38. The van der Waals surface area contributed by atoms with Crippen molar-refractivity contribution in [1.29, 1.82) is 0 Å². The summed E-state index contributed by atoms with van der Waals surface area (Å²) < 4.78 is 9.56. The first-order valence-corrected chi connectivity index (χ1v) is 7.72. The molecule has 24 heavy (non-hydrogen) atoms. The summed E-state index contributed by atoms with van der Waals surface area (Å²) in [5.41, 5.74) is 0.551. The van der Waals surface area contributed by atoms with Crippen molar-refractivity contribution < 1.29 is 29.0 Å². The molecule has 0 aliphatic carbocycles. The van der Waals surface area contributed by atoms with Crippen molar-refractivity contribution >= 4 is 23.8 Å². The van der Waals surface area contributed by atoms with Gasteiger partial charge in [-0.25, -0.2) is 9.59 Å². The van der Waals surface area contributed by atoms with Crippen molar-refractivity contribution in [1.82, 2.24) is 5.32 Å². The minimum absolute atomic E-state index is 0.145. The molecular formula is C16H22N2O6. The molecule has 0 aliphatic heterocycles. The first kappa shape index (κ1) is 19.3. The van der Waals surface area contributed by atoms with Crippen molar-refractivity contribution in [3.8, 4) is 5.75 Å². The number of benzene rings is 1. The largest absolute Gasteiger partial charge is 0.513 e. The van der Waals surface area contributed by atoms with Gasteiger partial charge in [-0.1, -0.05) is 6.42 Å². The minimum Gasteiger partial charge on any atom is -0.481 e. The molecular weight excluding hydrogens is 316 g/mol. The summed E-state index contributed by atoms with van der Waals surface area (Å²) >= 11 is 0. The lowest BCUT2D eigenvalue weighted by atomic mass is 10.2. The highest BCUT2D eigenvalue weighted by Crippen LogP contribution is 2.16. The van der Waals surface area contributed by atoms with Crippen molar-refractivity contribution in [2.24, 2.45) is 0 Å². The van der Waals surface area contributed by atoms with E-state index in [1.807, 2.05) is 0 Å². The number of ether oxygens (including phenoxy) is 2. The Labute approximate surface area is 140 Å². The molecule has 0 saturated carbocycles. The highest BCUT2D eigenvalue weighted by molar-refractivity contribution is 5.89. The Morgan fingerprint density at radius 2 is 1.79 bits per heavy atom. The third-order valence-electron chi connectivity index (χ3n) is 2.93. The van der Waals surface area contributed by atoms with E-state index in [9.17, 15) is 14.4 Å². The van der Waals surface area contributed by atoms with Gasteiger partial charge in [0.25, 0.3) is 0 Å². The number of carbonyl (C=O) groups is 3. The van der Waals surface area contributed by atoms with Crippen LogP contribution in [0, 0.1) is 0 Å². The smallest absolute Gasteiger partial charge is 0.481 e. The number of carbonyl (C=O) groups excluding carboxylic acids is 2. The maximum absolute atomic E-state index is 11.7. The van der Waals surface area contributed by atoms with Gasteiger partial charge >= 0.3 is 18.2 Å². The third-order valence-corrected chi connectivity index (χ3v) is 2.93. The molecule has 132 valence electrons. The van der Waals surface area contributed by atoms with Crippen LogP contribution in [-0.2, 0) is 9.53 Å². The van der Waals surface area contributed by atoms with Crippen LogP contribution in [-0.4, -0.2) is 36.4 Å². The summed E-state index contributed by atoms with van der Waals surface area (Å²) in [6.07, 6.45) is 1.42. The van der Waals surface area contributed by atoms with E-state index < -0.39 is 12.1 Å². The van der Waals surface area contributed by atoms with E-state index in [0.29, 0.717) is 30.8 Å². The quantitative estimate of drug-likeness (QED) is 0.362. The number of rotatable bonds is 9. The van der Waals surface area contributed by atoms with E-state index in [-0.39, 0.29) is 19.1 Å². The molecule has 0 unspecified atom stereocenters. The van der Waals surface area contributed by atoms with Gasteiger partial charge in [-0.3, -0.25) is 4.79 Å². The summed E-state index contributed by atoms with van der Waals surface area (Å²) in [5.74, 6) is -0.492. The zero-order valence-corrected chi connectivity index (χ0v) is 13.5. The zero-order valence-electron chi connectivity index (χ0n) is 13.5. The molecule has 0 spiro atoms. The Bertz CT molecular complexity index is 544. The number of hydrogen-bond acceptors (Lipinski definition) is 5. The van der Waals surface area contributed by atoms with Gasteiger partial charge in [0.1, 0.15) is 5.75 Å².